The standard InChI is InChI=1S/C20H18FN3O3/c21-10-1-6-13-15(9-10)16-14(7-8-22-19(16)26)18-17(13)23-20(24-18)27-12-4-2-11(25)3-5-12/h1,6-9,11-12,25H,2-5H2,(H,22,26)(H,23,24)/t11-,12+. The fourth-order valence-corrected chi connectivity index (χ4v) is 4.00. The van der Waals surface area contributed by atoms with Crippen LogP contribution in [-0.2, 0) is 0 Å². The maximum Gasteiger partial charge on any atom is 0.294 e. The number of aromatic amines is 2. The van der Waals surface area contributed by atoms with Gasteiger partial charge in [0.2, 0.25) is 0 Å². The van der Waals surface area contributed by atoms with Crippen molar-refractivity contribution in [1.29, 1.82) is 0 Å². The molecule has 0 saturated heterocycles. The molecule has 0 radical (unpaired) electrons. The van der Waals surface area contributed by atoms with Crippen LogP contribution in [-0.4, -0.2) is 32.3 Å². The predicted molar refractivity (Wildman–Crippen MR) is 101 cm³/mol. The Hall–Kier alpha value is -2.93. The number of nitrogens with zero attached hydrogens (tertiary/aromatic N) is 1. The van der Waals surface area contributed by atoms with Crippen LogP contribution in [0.1, 0.15) is 25.7 Å². The zero-order valence-electron chi connectivity index (χ0n) is 14.5. The van der Waals surface area contributed by atoms with Gasteiger partial charge in [-0.3, -0.25) is 4.79 Å². The fraction of sp³-hybridized carbons (Fsp3) is 0.300. The number of H-pyrrole nitrogens is 2. The lowest BCUT2D eigenvalue weighted by molar-refractivity contribution is 0.0625. The van der Waals surface area contributed by atoms with Crippen LogP contribution in [0.25, 0.3) is 32.6 Å². The van der Waals surface area contributed by atoms with E-state index in [-0.39, 0.29) is 17.8 Å². The van der Waals surface area contributed by atoms with Gasteiger partial charge in [0.15, 0.2) is 0 Å². The van der Waals surface area contributed by atoms with Gasteiger partial charge >= 0.3 is 0 Å². The van der Waals surface area contributed by atoms with Gasteiger partial charge in [-0.2, -0.15) is 4.98 Å². The number of nitrogens with one attached hydrogen (secondary N) is 2. The van der Waals surface area contributed by atoms with Crippen molar-refractivity contribution in [1.82, 2.24) is 15.0 Å². The number of rotatable bonds is 2. The van der Waals surface area contributed by atoms with Crippen molar-refractivity contribution in [3.8, 4) is 6.01 Å². The first kappa shape index (κ1) is 16.3. The smallest absolute Gasteiger partial charge is 0.294 e. The normalized spacial score (nSPS) is 20.5. The van der Waals surface area contributed by atoms with Crippen LogP contribution in [0.2, 0.25) is 0 Å². The summed E-state index contributed by atoms with van der Waals surface area (Å²) in [5, 5.41) is 12.0. The highest BCUT2D eigenvalue weighted by Crippen LogP contribution is 2.34. The third kappa shape index (κ3) is 2.66. The van der Waals surface area contributed by atoms with Crippen molar-refractivity contribution >= 4 is 32.6 Å². The van der Waals surface area contributed by atoms with Crippen molar-refractivity contribution in [3.05, 3.63) is 46.6 Å². The van der Waals surface area contributed by atoms with E-state index < -0.39 is 5.82 Å². The summed E-state index contributed by atoms with van der Waals surface area (Å²) in [6.07, 6.45) is 4.27. The summed E-state index contributed by atoms with van der Waals surface area (Å²) < 4.78 is 19.9. The summed E-state index contributed by atoms with van der Waals surface area (Å²) in [6, 6.07) is 6.53. The molecule has 0 bridgehead atoms. The van der Waals surface area contributed by atoms with Crippen molar-refractivity contribution in [2.24, 2.45) is 0 Å². The predicted octanol–water partition coefficient (Wildman–Crippen LogP) is 3.38. The van der Waals surface area contributed by atoms with Gasteiger partial charge < -0.3 is 19.8 Å². The second-order valence-electron chi connectivity index (χ2n) is 7.10. The highest BCUT2D eigenvalue weighted by molar-refractivity contribution is 6.23. The Kier molecular flexibility index (Phi) is 3.65. The van der Waals surface area contributed by atoms with Crippen molar-refractivity contribution in [2.45, 2.75) is 37.9 Å². The Morgan fingerprint density at radius 3 is 2.74 bits per heavy atom. The van der Waals surface area contributed by atoms with E-state index in [1.807, 2.05) is 0 Å². The number of hydrogen-bond donors (Lipinski definition) is 3. The Labute approximate surface area is 153 Å². The lowest BCUT2D eigenvalue weighted by atomic mass is 9.95. The van der Waals surface area contributed by atoms with Gasteiger partial charge in [-0.05, 0) is 49.9 Å². The summed E-state index contributed by atoms with van der Waals surface area (Å²) in [7, 11) is 0. The van der Waals surface area contributed by atoms with Crippen LogP contribution in [0.3, 0.4) is 0 Å². The molecule has 0 spiro atoms. The molecule has 0 atom stereocenters. The molecule has 1 saturated carbocycles. The third-order valence-electron chi connectivity index (χ3n) is 5.34. The van der Waals surface area contributed by atoms with Gasteiger partial charge in [-0.1, -0.05) is 0 Å². The number of aromatic nitrogens is 3. The third-order valence-corrected chi connectivity index (χ3v) is 5.34. The van der Waals surface area contributed by atoms with Gasteiger partial charge in [-0.25, -0.2) is 4.39 Å². The number of benzene rings is 2. The van der Waals surface area contributed by atoms with Gasteiger partial charge in [-0.15, -0.1) is 0 Å². The molecule has 4 aromatic rings. The quantitative estimate of drug-likeness (QED) is 0.474. The molecule has 1 fully saturated rings. The van der Waals surface area contributed by atoms with Crippen LogP contribution in [0.5, 0.6) is 6.01 Å². The molecule has 2 aromatic carbocycles. The van der Waals surface area contributed by atoms with E-state index in [4.69, 9.17) is 4.74 Å². The number of hydrogen-bond acceptors (Lipinski definition) is 4. The molecule has 0 amide bonds. The van der Waals surface area contributed by atoms with Crippen LogP contribution < -0.4 is 10.3 Å². The number of aliphatic hydroxyl groups is 1. The SMILES string of the molecule is O=c1[nH]ccc2c3[nH]c(O[C@H]4CC[C@@H](O)CC4)nc3c3ccc(F)cc3c12. The first-order chi connectivity index (χ1) is 13.1. The van der Waals surface area contributed by atoms with Crippen molar-refractivity contribution < 1.29 is 14.2 Å². The molecule has 3 N–H and O–H groups in total. The molecule has 1 aliphatic rings. The highest BCUT2D eigenvalue weighted by Gasteiger charge is 2.23. The van der Waals surface area contributed by atoms with E-state index in [0.29, 0.717) is 51.4 Å². The topological polar surface area (TPSA) is 91.0 Å². The lowest BCUT2D eigenvalue weighted by Gasteiger charge is -2.24. The average Bonchev–Trinajstić information content (AvgIpc) is 3.07. The largest absolute Gasteiger partial charge is 0.461 e. The molecule has 138 valence electrons. The average molecular weight is 367 g/mol. The second kappa shape index (κ2) is 6.06. The first-order valence-corrected chi connectivity index (χ1v) is 9.07. The zero-order valence-corrected chi connectivity index (χ0v) is 14.5. The Balaban J connectivity index is 1.72. The Morgan fingerprint density at radius 2 is 1.93 bits per heavy atom. The summed E-state index contributed by atoms with van der Waals surface area (Å²) in [5.74, 6) is -0.404. The van der Waals surface area contributed by atoms with Crippen molar-refractivity contribution in [3.63, 3.8) is 0 Å². The second-order valence-corrected chi connectivity index (χ2v) is 7.10. The minimum absolute atomic E-state index is 0.00709. The number of halogens is 1. The monoisotopic (exact) mass is 367 g/mol. The molecule has 5 rings (SSSR count). The number of imidazole rings is 1. The lowest BCUT2D eigenvalue weighted by Crippen LogP contribution is -2.26. The molecule has 27 heavy (non-hydrogen) atoms. The summed E-state index contributed by atoms with van der Waals surface area (Å²) >= 11 is 0. The van der Waals surface area contributed by atoms with E-state index >= 15 is 0 Å². The minimum Gasteiger partial charge on any atom is -0.461 e. The number of pyridine rings is 1. The molecular formula is C20H18FN3O3. The molecule has 2 aromatic heterocycles. The maximum absolute atomic E-state index is 13.9. The van der Waals surface area contributed by atoms with E-state index in [0.717, 1.165) is 12.8 Å². The maximum atomic E-state index is 13.9. The number of aliphatic hydroxyl groups excluding tert-OH is 1. The van der Waals surface area contributed by atoms with Crippen molar-refractivity contribution in [2.75, 3.05) is 0 Å². The molecule has 6 nitrogen and oxygen atoms in total. The van der Waals surface area contributed by atoms with Crippen LogP contribution in [0.15, 0.2) is 35.3 Å². The van der Waals surface area contributed by atoms with Crippen LogP contribution in [0, 0.1) is 5.82 Å². The van der Waals surface area contributed by atoms with Gasteiger partial charge in [0.25, 0.3) is 11.6 Å². The molecular weight excluding hydrogens is 349 g/mol. The van der Waals surface area contributed by atoms with Gasteiger partial charge in [0, 0.05) is 22.4 Å². The van der Waals surface area contributed by atoms with Crippen LogP contribution >= 0.6 is 0 Å². The Bertz CT molecular complexity index is 1220. The molecule has 0 aliphatic heterocycles. The molecule has 1 aliphatic carbocycles. The van der Waals surface area contributed by atoms with Gasteiger partial charge in [0.1, 0.15) is 17.4 Å². The minimum atomic E-state index is -0.404. The summed E-state index contributed by atoms with van der Waals surface area (Å²) in [4.78, 5) is 22.9. The van der Waals surface area contributed by atoms with Gasteiger partial charge in [0.05, 0.1) is 17.0 Å². The number of fused-ring (bicyclic) bond motifs is 6. The van der Waals surface area contributed by atoms with E-state index in [1.165, 1.54) is 12.1 Å². The molecule has 2 heterocycles. The Morgan fingerprint density at radius 1 is 1.11 bits per heavy atom. The van der Waals surface area contributed by atoms with E-state index in [1.54, 1.807) is 18.3 Å². The van der Waals surface area contributed by atoms with E-state index in [9.17, 15) is 14.3 Å². The zero-order chi connectivity index (χ0) is 18.5. The summed E-state index contributed by atoms with van der Waals surface area (Å²) in [5.41, 5.74) is 1.07. The first-order valence-electron chi connectivity index (χ1n) is 9.07. The number of ether oxygens (including phenoxy) is 1. The van der Waals surface area contributed by atoms with Crippen LogP contribution in [0.4, 0.5) is 4.39 Å². The fourth-order valence-electron chi connectivity index (χ4n) is 4.00. The summed E-state index contributed by atoms with van der Waals surface area (Å²) in [6.45, 7) is 0. The highest BCUT2D eigenvalue weighted by atomic mass is 19.1. The molecule has 0 unspecified atom stereocenters. The van der Waals surface area contributed by atoms with E-state index in [2.05, 4.69) is 15.0 Å². The molecule has 7 heteroatoms.